The van der Waals surface area contributed by atoms with E-state index in [9.17, 15) is 4.79 Å². The van der Waals surface area contributed by atoms with Crippen molar-refractivity contribution in [1.82, 2.24) is 4.57 Å². The standard InChI is InChI=1S/C16H20N2O3/c1-11(19)21-13-6-7-20-16(8-13)18-10-12(9-17)14-4-2-3-5-15(14)18/h2-5,10,13,16H,6-9,17H2,1H3. The summed E-state index contributed by atoms with van der Waals surface area (Å²) in [7, 11) is 0. The first-order valence-corrected chi connectivity index (χ1v) is 7.26. The number of ether oxygens (including phenoxy) is 2. The van der Waals surface area contributed by atoms with Crippen LogP contribution in [0.25, 0.3) is 10.9 Å². The second-order valence-corrected chi connectivity index (χ2v) is 5.36. The number of hydrogen-bond donors (Lipinski definition) is 1. The van der Waals surface area contributed by atoms with Gasteiger partial charge in [0.2, 0.25) is 0 Å². The third kappa shape index (κ3) is 2.80. The summed E-state index contributed by atoms with van der Waals surface area (Å²) in [5, 5.41) is 1.15. The molecule has 1 aromatic carbocycles. The number of nitrogens with two attached hydrogens (primary N) is 1. The van der Waals surface area contributed by atoms with Crippen molar-refractivity contribution >= 4 is 16.9 Å². The smallest absolute Gasteiger partial charge is 0.302 e. The van der Waals surface area contributed by atoms with Crippen LogP contribution in [0.5, 0.6) is 0 Å². The Morgan fingerprint density at radius 1 is 1.48 bits per heavy atom. The second-order valence-electron chi connectivity index (χ2n) is 5.36. The maximum Gasteiger partial charge on any atom is 0.302 e. The quantitative estimate of drug-likeness (QED) is 0.880. The molecule has 2 N–H and O–H groups in total. The predicted molar refractivity (Wildman–Crippen MR) is 79.6 cm³/mol. The molecule has 1 saturated heterocycles. The van der Waals surface area contributed by atoms with Crippen molar-refractivity contribution < 1.29 is 14.3 Å². The molecule has 5 nitrogen and oxygen atoms in total. The zero-order valence-corrected chi connectivity index (χ0v) is 12.1. The van der Waals surface area contributed by atoms with Crippen LogP contribution in [-0.4, -0.2) is 23.2 Å². The minimum absolute atomic E-state index is 0.0799. The van der Waals surface area contributed by atoms with Crippen LogP contribution in [0.15, 0.2) is 30.5 Å². The lowest BCUT2D eigenvalue weighted by molar-refractivity contribution is -0.156. The SMILES string of the molecule is CC(=O)OC1CCOC(n2cc(CN)c3ccccc32)C1. The normalized spacial score (nSPS) is 22.4. The van der Waals surface area contributed by atoms with Gasteiger partial charge in [0.05, 0.1) is 12.1 Å². The summed E-state index contributed by atoms with van der Waals surface area (Å²) in [6.45, 7) is 2.53. The second kappa shape index (κ2) is 5.87. The fraction of sp³-hybridized carbons (Fsp3) is 0.438. The van der Waals surface area contributed by atoms with Gasteiger partial charge in [-0.2, -0.15) is 0 Å². The molecular weight excluding hydrogens is 268 g/mol. The van der Waals surface area contributed by atoms with Crippen LogP contribution < -0.4 is 5.73 Å². The fourth-order valence-electron chi connectivity index (χ4n) is 2.96. The number of benzene rings is 1. The highest BCUT2D eigenvalue weighted by Crippen LogP contribution is 2.31. The monoisotopic (exact) mass is 288 g/mol. The van der Waals surface area contributed by atoms with E-state index < -0.39 is 0 Å². The van der Waals surface area contributed by atoms with Crippen LogP contribution in [0, 0.1) is 0 Å². The van der Waals surface area contributed by atoms with Crippen LogP contribution in [0.4, 0.5) is 0 Å². The molecule has 1 fully saturated rings. The summed E-state index contributed by atoms with van der Waals surface area (Å²) in [6.07, 6.45) is 3.27. The van der Waals surface area contributed by atoms with Crippen molar-refractivity contribution in [3.63, 3.8) is 0 Å². The lowest BCUT2D eigenvalue weighted by atomic mass is 10.1. The molecular formula is C16H20N2O3. The molecule has 1 aliphatic rings. The molecule has 0 saturated carbocycles. The number of carbonyl (C=O) groups excluding carboxylic acids is 1. The summed E-state index contributed by atoms with van der Waals surface area (Å²) < 4.78 is 13.3. The Morgan fingerprint density at radius 2 is 2.29 bits per heavy atom. The average Bonchev–Trinajstić information content (AvgIpc) is 2.86. The molecule has 0 amide bonds. The zero-order valence-electron chi connectivity index (χ0n) is 12.1. The molecule has 0 bridgehead atoms. The van der Waals surface area contributed by atoms with E-state index in [0.29, 0.717) is 19.6 Å². The lowest BCUT2D eigenvalue weighted by Crippen LogP contribution is -2.30. The summed E-state index contributed by atoms with van der Waals surface area (Å²) in [6, 6.07) is 8.15. The number of carbonyl (C=O) groups is 1. The lowest BCUT2D eigenvalue weighted by Gasteiger charge is -2.30. The highest BCUT2D eigenvalue weighted by Gasteiger charge is 2.27. The Morgan fingerprint density at radius 3 is 3.05 bits per heavy atom. The Balaban J connectivity index is 1.91. The first-order valence-electron chi connectivity index (χ1n) is 7.26. The molecule has 0 aliphatic carbocycles. The van der Waals surface area contributed by atoms with Gasteiger partial charge in [0.25, 0.3) is 0 Å². The summed E-state index contributed by atoms with van der Waals surface area (Å²) in [5.41, 5.74) is 8.03. The van der Waals surface area contributed by atoms with Crippen molar-refractivity contribution in [3.8, 4) is 0 Å². The summed E-state index contributed by atoms with van der Waals surface area (Å²) in [4.78, 5) is 11.1. The third-order valence-electron chi connectivity index (χ3n) is 3.90. The van der Waals surface area contributed by atoms with Gasteiger partial charge in [-0.25, -0.2) is 0 Å². The maximum atomic E-state index is 11.1. The molecule has 5 heteroatoms. The van der Waals surface area contributed by atoms with E-state index in [-0.39, 0.29) is 18.3 Å². The number of para-hydroxylation sites is 1. The minimum Gasteiger partial charge on any atom is -0.462 e. The van der Waals surface area contributed by atoms with Gasteiger partial charge < -0.3 is 19.8 Å². The number of fused-ring (bicyclic) bond motifs is 1. The Labute approximate surface area is 123 Å². The van der Waals surface area contributed by atoms with Gasteiger partial charge in [-0.3, -0.25) is 4.79 Å². The number of aromatic nitrogens is 1. The largest absolute Gasteiger partial charge is 0.462 e. The van der Waals surface area contributed by atoms with Crippen LogP contribution >= 0.6 is 0 Å². The number of nitrogens with zero attached hydrogens (tertiary/aromatic N) is 1. The van der Waals surface area contributed by atoms with E-state index in [2.05, 4.69) is 16.7 Å². The summed E-state index contributed by atoms with van der Waals surface area (Å²) >= 11 is 0. The van der Waals surface area contributed by atoms with Gasteiger partial charge in [0.1, 0.15) is 12.3 Å². The van der Waals surface area contributed by atoms with E-state index in [1.165, 1.54) is 6.92 Å². The topological polar surface area (TPSA) is 66.5 Å². The Kier molecular flexibility index (Phi) is 3.94. The van der Waals surface area contributed by atoms with Crippen molar-refractivity contribution in [1.29, 1.82) is 0 Å². The fourth-order valence-corrected chi connectivity index (χ4v) is 2.96. The first kappa shape index (κ1) is 14.1. The van der Waals surface area contributed by atoms with E-state index in [1.807, 2.05) is 18.3 Å². The minimum atomic E-state index is -0.235. The maximum absolute atomic E-state index is 11.1. The van der Waals surface area contributed by atoms with E-state index in [4.69, 9.17) is 15.2 Å². The van der Waals surface area contributed by atoms with Crippen molar-refractivity contribution in [2.24, 2.45) is 5.73 Å². The molecule has 2 heterocycles. The summed E-state index contributed by atoms with van der Waals surface area (Å²) in [5.74, 6) is -0.235. The van der Waals surface area contributed by atoms with Crippen LogP contribution in [0.1, 0.15) is 31.6 Å². The van der Waals surface area contributed by atoms with Gasteiger partial charge in [0, 0.05) is 37.9 Å². The number of esters is 1. The molecule has 2 atom stereocenters. The first-order chi connectivity index (χ1) is 10.2. The Bertz CT molecular complexity index is 650. The van der Waals surface area contributed by atoms with Gasteiger partial charge in [0.15, 0.2) is 0 Å². The van der Waals surface area contributed by atoms with Crippen molar-refractivity contribution in [3.05, 3.63) is 36.0 Å². The molecule has 2 aromatic rings. The van der Waals surface area contributed by atoms with Crippen LogP contribution in [0.2, 0.25) is 0 Å². The molecule has 1 aliphatic heterocycles. The molecule has 1 aromatic heterocycles. The highest BCUT2D eigenvalue weighted by atomic mass is 16.6. The Hall–Kier alpha value is -1.85. The molecule has 2 unspecified atom stereocenters. The van der Waals surface area contributed by atoms with Crippen molar-refractivity contribution in [2.75, 3.05) is 6.61 Å². The molecule has 21 heavy (non-hydrogen) atoms. The number of hydrogen-bond acceptors (Lipinski definition) is 4. The van der Waals surface area contributed by atoms with E-state index in [1.54, 1.807) is 0 Å². The van der Waals surface area contributed by atoms with E-state index in [0.717, 1.165) is 22.9 Å². The third-order valence-corrected chi connectivity index (χ3v) is 3.90. The average molecular weight is 288 g/mol. The number of rotatable bonds is 3. The van der Waals surface area contributed by atoms with Crippen LogP contribution in [0.3, 0.4) is 0 Å². The van der Waals surface area contributed by atoms with Gasteiger partial charge >= 0.3 is 5.97 Å². The molecule has 3 rings (SSSR count). The van der Waals surface area contributed by atoms with Crippen LogP contribution in [-0.2, 0) is 20.8 Å². The zero-order chi connectivity index (χ0) is 14.8. The molecule has 0 spiro atoms. The van der Waals surface area contributed by atoms with Gasteiger partial charge in [-0.05, 0) is 11.6 Å². The van der Waals surface area contributed by atoms with Gasteiger partial charge in [-0.1, -0.05) is 18.2 Å². The van der Waals surface area contributed by atoms with Crippen molar-refractivity contribution in [2.45, 2.75) is 38.6 Å². The van der Waals surface area contributed by atoms with Gasteiger partial charge in [-0.15, -0.1) is 0 Å². The van der Waals surface area contributed by atoms with E-state index >= 15 is 0 Å². The predicted octanol–water partition coefficient (Wildman–Crippen LogP) is 2.34. The molecule has 0 radical (unpaired) electrons. The molecule has 112 valence electrons. The highest BCUT2D eigenvalue weighted by molar-refractivity contribution is 5.84.